The molecule has 1 aromatic carbocycles. The number of nitrogens with zero attached hydrogens (tertiary/aromatic N) is 1. The highest BCUT2D eigenvalue weighted by Gasteiger charge is 2.12. The molecule has 0 aromatic heterocycles. The molecule has 5 nitrogen and oxygen atoms in total. The number of hydrogen-bond acceptors (Lipinski definition) is 3. The lowest BCUT2D eigenvalue weighted by atomic mass is 10.1. The van der Waals surface area contributed by atoms with E-state index < -0.39 is 0 Å². The van der Waals surface area contributed by atoms with E-state index in [0.29, 0.717) is 5.11 Å². The minimum atomic E-state index is 0.560. The zero-order valence-corrected chi connectivity index (χ0v) is 15.7. The largest absolute Gasteiger partial charge is 0.370 e. The van der Waals surface area contributed by atoms with E-state index in [-0.39, 0.29) is 0 Å². The van der Waals surface area contributed by atoms with Gasteiger partial charge in [0.25, 0.3) is 0 Å². The molecule has 132 valence electrons. The summed E-state index contributed by atoms with van der Waals surface area (Å²) >= 11 is 11.3. The Bertz CT molecular complexity index is 544. The number of rotatable bonds is 7. The van der Waals surface area contributed by atoms with Gasteiger partial charge >= 0.3 is 0 Å². The van der Waals surface area contributed by atoms with Crippen molar-refractivity contribution in [2.75, 3.05) is 39.4 Å². The molecule has 0 unspecified atom stereocenters. The maximum atomic E-state index is 5.95. The van der Waals surface area contributed by atoms with Crippen LogP contribution in [0.2, 0.25) is 5.02 Å². The van der Waals surface area contributed by atoms with E-state index in [0.717, 1.165) is 68.5 Å². The maximum Gasteiger partial charge on any atom is 0.187 e. The van der Waals surface area contributed by atoms with Crippen molar-refractivity contribution in [1.29, 1.82) is 0 Å². The molecule has 0 amide bonds. The second-order valence-electron chi connectivity index (χ2n) is 5.80. The van der Waals surface area contributed by atoms with E-state index in [1.54, 1.807) is 4.90 Å². The third-order valence-electron chi connectivity index (χ3n) is 3.92. The second kappa shape index (κ2) is 10.6. The SMILES string of the molecule is CCC/C(=N/NC(=S)NCC[NH+]1CCOCC1)c1ccc(Cl)cc1. The van der Waals surface area contributed by atoms with Crippen molar-refractivity contribution in [1.82, 2.24) is 10.7 Å². The summed E-state index contributed by atoms with van der Waals surface area (Å²) in [6, 6.07) is 7.72. The highest BCUT2D eigenvalue weighted by molar-refractivity contribution is 7.80. The van der Waals surface area contributed by atoms with Gasteiger partial charge in [0, 0.05) is 5.02 Å². The number of hydrogen-bond donors (Lipinski definition) is 3. The first-order valence-electron chi connectivity index (χ1n) is 8.46. The zero-order chi connectivity index (χ0) is 17.2. The number of hydrazone groups is 1. The molecular weight excluding hydrogens is 344 g/mol. The summed E-state index contributed by atoms with van der Waals surface area (Å²) in [6.07, 6.45) is 1.90. The van der Waals surface area contributed by atoms with Gasteiger partial charge in [-0.3, -0.25) is 5.43 Å². The first kappa shape index (κ1) is 19.1. The average molecular weight is 370 g/mol. The van der Waals surface area contributed by atoms with Crippen LogP contribution in [0.15, 0.2) is 29.4 Å². The van der Waals surface area contributed by atoms with Gasteiger partial charge in [0.2, 0.25) is 0 Å². The van der Waals surface area contributed by atoms with Crippen molar-refractivity contribution in [2.24, 2.45) is 5.10 Å². The van der Waals surface area contributed by atoms with Crippen molar-refractivity contribution < 1.29 is 9.64 Å². The molecule has 1 aromatic rings. The van der Waals surface area contributed by atoms with Gasteiger partial charge in [-0.25, -0.2) is 0 Å². The fourth-order valence-corrected chi connectivity index (χ4v) is 2.84. The Hall–Kier alpha value is -1.21. The molecule has 0 radical (unpaired) electrons. The highest BCUT2D eigenvalue weighted by atomic mass is 35.5. The molecular formula is C17H26ClN4OS+. The predicted molar refractivity (Wildman–Crippen MR) is 103 cm³/mol. The van der Waals surface area contributed by atoms with Gasteiger partial charge in [0.15, 0.2) is 5.11 Å². The van der Waals surface area contributed by atoms with Crippen molar-refractivity contribution in [3.05, 3.63) is 34.9 Å². The van der Waals surface area contributed by atoms with Gasteiger partial charge < -0.3 is 15.0 Å². The summed E-state index contributed by atoms with van der Waals surface area (Å²) in [7, 11) is 0. The zero-order valence-electron chi connectivity index (χ0n) is 14.1. The maximum absolute atomic E-state index is 5.95. The van der Waals surface area contributed by atoms with Crippen LogP contribution < -0.4 is 15.6 Å². The third kappa shape index (κ3) is 6.73. The summed E-state index contributed by atoms with van der Waals surface area (Å²) in [6.45, 7) is 7.84. The van der Waals surface area contributed by atoms with Crippen LogP contribution in [-0.2, 0) is 4.74 Å². The lowest BCUT2D eigenvalue weighted by Gasteiger charge is -2.23. The van der Waals surface area contributed by atoms with E-state index in [1.807, 2.05) is 24.3 Å². The monoisotopic (exact) mass is 369 g/mol. The number of benzene rings is 1. The predicted octanol–water partition coefficient (Wildman–Crippen LogP) is 1.22. The normalized spacial score (nSPS) is 16.0. The minimum Gasteiger partial charge on any atom is -0.370 e. The van der Waals surface area contributed by atoms with Gasteiger partial charge in [-0.05, 0) is 36.3 Å². The van der Waals surface area contributed by atoms with E-state index in [1.165, 1.54) is 0 Å². The summed E-state index contributed by atoms with van der Waals surface area (Å²) in [5, 5.41) is 8.98. The van der Waals surface area contributed by atoms with Crippen molar-refractivity contribution in [3.63, 3.8) is 0 Å². The molecule has 0 saturated carbocycles. The van der Waals surface area contributed by atoms with Crippen LogP contribution in [0.3, 0.4) is 0 Å². The molecule has 1 heterocycles. The Morgan fingerprint density at radius 1 is 1.29 bits per heavy atom. The topological polar surface area (TPSA) is 50.1 Å². The number of thiocarbonyl (C=S) groups is 1. The van der Waals surface area contributed by atoms with E-state index in [4.69, 9.17) is 28.6 Å². The van der Waals surface area contributed by atoms with Crippen LogP contribution in [0.4, 0.5) is 0 Å². The van der Waals surface area contributed by atoms with E-state index in [2.05, 4.69) is 22.8 Å². The van der Waals surface area contributed by atoms with E-state index in [9.17, 15) is 0 Å². The molecule has 3 N–H and O–H groups in total. The fourth-order valence-electron chi connectivity index (χ4n) is 2.56. The number of morpholine rings is 1. The molecule has 0 bridgehead atoms. The van der Waals surface area contributed by atoms with Gasteiger partial charge in [-0.15, -0.1) is 0 Å². The van der Waals surface area contributed by atoms with Crippen LogP contribution in [0.25, 0.3) is 0 Å². The Morgan fingerprint density at radius 3 is 2.67 bits per heavy atom. The molecule has 0 atom stereocenters. The lowest BCUT2D eigenvalue weighted by molar-refractivity contribution is -0.906. The second-order valence-corrected chi connectivity index (χ2v) is 6.64. The molecule has 24 heavy (non-hydrogen) atoms. The number of nitrogens with one attached hydrogen (secondary N) is 3. The Balaban J connectivity index is 1.79. The first-order chi connectivity index (χ1) is 11.7. The van der Waals surface area contributed by atoms with Crippen LogP contribution >= 0.6 is 23.8 Å². The fraction of sp³-hybridized carbons (Fsp3) is 0.529. The smallest absolute Gasteiger partial charge is 0.187 e. The van der Waals surface area contributed by atoms with Crippen molar-refractivity contribution in [3.8, 4) is 0 Å². The first-order valence-corrected chi connectivity index (χ1v) is 9.25. The average Bonchev–Trinajstić information content (AvgIpc) is 2.60. The minimum absolute atomic E-state index is 0.560. The van der Waals surface area contributed by atoms with Gasteiger partial charge in [-0.2, -0.15) is 5.10 Å². The van der Waals surface area contributed by atoms with Crippen LogP contribution in [0.1, 0.15) is 25.3 Å². The van der Waals surface area contributed by atoms with Crippen molar-refractivity contribution >= 4 is 34.6 Å². The molecule has 0 aliphatic carbocycles. The van der Waals surface area contributed by atoms with Gasteiger partial charge in [-0.1, -0.05) is 37.1 Å². The molecule has 2 rings (SSSR count). The lowest BCUT2D eigenvalue weighted by Crippen LogP contribution is -3.14. The van der Waals surface area contributed by atoms with Crippen LogP contribution in [0, 0.1) is 0 Å². The summed E-state index contributed by atoms with van der Waals surface area (Å²) in [5.74, 6) is 0. The Kier molecular flexibility index (Phi) is 8.45. The standard InChI is InChI=1S/C17H25ClN4OS/c1-2-3-16(14-4-6-15(18)7-5-14)20-21-17(24)19-8-9-22-10-12-23-13-11-22/h4-7H,2-3,8-13H2,1H3,(H2,19,21,24)/p+1/b20-16-. The molecule has 1 saturated heterocycles. The van der Waals surface area contributed by atoms with Gasteiger partial charge in [0.05, 0.1) is 32.0 Å². The summed E-state index contributed by atoms with van der Waals surface area (Å²) in [4.78, 5) is 1.55. The molecule has 7 heteroatoms. The van der Waals surface area contributed by atoms with Crippen molar-refractivity contribution in [2.45, 2.75) is 19.8 Å². The van der Waals surface area contributed by atoms with Gasteiger partial charge in [0.1, 0.15) is 13.1 Å². The van der Waals surface area contributed by atoms with Crippen LogP contribution in [-0.4, -0.2) is 50.2 Å². The third-order valence-corrected chi connectivity index (χ3v) is 4.41. The van der Waals surface area contributed by atoms with Crippen LogP contribution in [0.5, 0.6) is 0 Å². The Labute approximate surface area is 154 Å². The molecule has 1 fully saturated rings. The quantitative estimate of drug-likeness (QED) is 0.384. The number of halogens is 1. The number of quaternary nitrogens is 1. The highest BCUT2D eigenvalue weighted by Crippen LogP contribution is 2.12. The summed E-state index contributed by atoms with van der Waals surface area (Å²) in [5.41, 5.74) is 5.01. The van der Waals surface area contributed by atoms with E-state index >= 15 is 0 Å². The Morgan fingerprint density at radius 2 is 2.00 bits per heavy atom. The number of ether oxygens (including phenoxy) is 1. The summed E-state index contributed by atoms with van der Waals surface area (Å²) < 4.78 is 5.36. The molecule has 1 aliphatic rings. The molecule has 1 aliphatic heterocycles. The molecule has 0 spiro atoms.